The lowest BCUT2D eigenvalue weighted by Gasteiger charge is -2.32. The van der Waals surface area contributed by atoms with Gasteiger partial charge in [-0.25, -0.2) is 0 Å². The Bertz CT molecular complexity index is 474. The van der Waals surface area contributed by atoms with E-state index in [0.29, 0.717) is 6.04 Å². The molecule has 0 saturated carbocycles. The fraction of sp³-hybridized carbons (Fsp3) is 0.571. The number of nitro benzene ring substituents is 1. The van der Waals surface area contributed by atoms with E-state index >= 15 is 0 Å². The van der Waals surface area contributed by atoms with Crippen LogP contribution in [0.2, 0.25) is 0 Å². The fourth-order valence-corrected chi connectivity index (χ4v) is 3.18. The van der Waals surface area contributed by atoms with Crippen LogP contribution in [-0.4, -0.2) is 28.5 Å². The summed E-state index contributed by atoms with van der Waals surface area (Å²) in [4.78, 5) is 12.7. The molecule has 0 unspecified atom stereocenters. The van der Waals surface area contributed by atoms with Gasteiger partial charge in [-0.1, -0.05) is 6.42 Å². The van der Waals surface area contributed by atoms with Crippen LogP contribution in [-0.2, 0) is 4.74 Å². The van der Waals surface area contributed by atoms with Crippen molar-refractivity contribution in [2.45, 2.75) is 44.6 Å². The molecule has 0 bridgehead atoms. The topological polar surface area (TPSA) is 55.6 Å². The summed E-state index contributed by atoms with van der Waals surface area (Å²) in [5.41, 5.74) is 1.15. The molecule has 2 fully saturated rings. The van der Waals surface area contributed by atoms with Crippen molar-refractivity contribution in [3.05, 3.63) is 39.9 Å². The Kier molecular flexibility index (Phi) is 3.24. The van der Waals surface area contributed by atoms with Gasteiger partial charge in [0.05, 0.1) is 11.0 Å². The molecule has 0 spiro atoms. The quantitative estimate of drug-likeness (QED) is 0.607. The zero-order valence-electron chi connectivity index (χ0n) is 11.0. The molecule has 0 N–H and O–H groups in total. The van der Waals surface area contributed by atoms with Crippen LogP contribution in [0.5, 0.6) is 0 Å². The van der Waals surface area contributed by atoms with E-state index in [1.54, 1.807) is 12.1 Å². The Morgan fingerprint density at radius 1 is 1.32 bits per heavy atom. The van der Waals surface area contributed by atoms with Crippen molar-refractivity contribution < 1.29 is 9.66 Å². The Morgan fingerprint density at radius 3 is 2.74 bits per heavy atom. The minimum absolute atomic E-state index is 0.0406. The summed E-state index contributed by atoms with van der Waals surface area (Å²) in [6.45, 7) is 3.17. The van der Waals surface area contributed by atoms with Crippen molar-refractivity contribution in [1.29, 1.82) is 0 Å². The molecule has 1 aromatic rings. The highest BCUT2D eigenvalue weighted by Crippen LogP contribution is 2.39. The summed E-state index contributed by atoms with van der Waals surface area (Å²) in [6, 6.07) is 7.23. The van der Waals surface area contributed by atoms with Gasteiger partial charge in [0.25, 0.3) is 5.69 Å². The molecule has 2 aliphatic heterocycles. The molecule has 0 aromatic heterocycles. The molecule has 0 aliphatic carbocycles. The summed E-state index contributed by atoms with van der Waals surface area (Å²) in [5, 5.41) is 10.7. The number of benzene rings is 1. The van der Waals surface area contributed by atoms with Crippen LogP contribution in [0, 0.1) is 10.1 Å². The smallest absolute Gasteiger partial charge is 0.269 e. The van der Waals surface area contributed by atoms with Crippen molar-refractivity contribution in [3.8, 4) is 0 Å². The maximum absolute atomic E-state index is 10.7. The maximum atomic E-state index is 10.7. The fourth-order valence-electron chi connectivity index (χ4n) is 3.18. The first-order valence-electron chi connectivity index (χ1n) is 6.82. The van der Waals surface area contributed by atoms with E-state index < -0.39 is 0 Å². The Labute approximate surface area is 112 Å². The molecule has 2 heterocycles. The number of non-ortho nitro benzene ring substituents is 1. The van der Waals surface area contributed by atoms with Gasteiger partial charge < -0.3 is 4.74 Å². The van der Waals surface area contributed by atoms with Gasteiger partial charge in [-0.3, -0.25) is 15.0 Å². The third-order valence-electron chi connectivity index (χ3n) is 4.17. The van der Waals surface area contributed by atoms with Crippen molar-refractivity contribution in [1.82, 2.24) is 4.90 Å². The number of piperidine rings is 1. The normalized spacial score (nSPS) is 31.1. The number of nitro groups is 1. The molecule has 1 aromatic carbocycles. The minimum atomic E-state index is -0.369. The van der Waals surface area contributed by atoms with E-state index in [0.717, 1.165) is 12.1 Å². The van der Waals surface area contributed by atoms with Crippen molar-refractivity contribution >= 4 is 5.69 Å². The molecule has 2 aliphatic rings. The number of hydrogen-bond acceptors (Lipinski definition) is 4. The van der Waals surface area contributed by atoms with Crippen LogP contribution < -0.4 is 0 Å². The van der Waals surface area contributed by atoms with Gasteiger partial charge in [-0.05, 0) is 37.5 Å². The van der Waals surface area contributed by atoms with Gasteiger partial charge in [0, 0.05) is 24.7 Å². The van der Waals surface area contributed by atoms with E-state index in [9.17, 15) is 10.1 Å². The summed E-state index contributed by atoms with van der Waals surface area (Å²) in [6.07, 6.45) is 3.85. The zero-order valence-corrected chi connectivity index (χ0v) is 11.0. The van der Waals surface area contributed by atoms with Crippen LogP contribution in [0.3, 0.4) is 0 Å². The van der Waals surface area contributed by atoms with Crippen LogP contribution in [0.25, 0.3) is 0 Å². The lowest BCUT2D eigenvalue weighted by atomic mass is 9.99. The zero-order chi connectivity index (χ0) is 13.4. The van der Waals surface area contributed by atoms with Gasteiger partial charge in [0.1, 0.15) is 6.23 Å². The molecule has 3 atom stereocenters. The number of rotatable bonds is 2. The molecule has 5 heteroatoms. The highest BCUT2D eigenvalue weighted by Gasteiger charge is 2.41. The van der Waals surface area contributed by atoms with E-state index in [1.807, 2.05) is 12.1 Å². The third kappa shape index (κ3) is 2.24. The molecular formula is C14H18N2O3. The molecule has 3 rings (SSSR count). The lowest BCUT2D eigenvalue weighted by molar-refractivity contribution is -0.384. The summed E-state index contributed by atoms with van der Waals surface area (Å²) in [5.74, 6) is 0. The predicted octanol–water partition coefficient (Wildman–Crippen LogP) is 2.87. The average Bonchev–Trinajstić information content (AvgIpc) is 2.77. The largest absolute Gasteiger partial charge is 0.354 e. The molecule has 0 radical (unpaired) electrons. The first-order valence-corrected chi connectivity index (χ1v) is 6.82. The highest BCUT2D eigenvalue weighted by atomic mass is 16.6. The second-order valence-electron chi connectivity index (χ2n) is 5.34. The number of fused-ring (bicyclic) bond motifs is 1. The summed E-state index contributed by atoms with van der Waals surface area (Å²) in [7, 11) is 0. The van der Waals surface area contributed by atoms with Gasteiger partial charge in [0.15, 0.2) is 0 Å². The first-order chi connectivity index (χ1) is 9.16. The Morgan fingerprint density at radius 2 is 2.05 bits per heavy atom. The van der Waals surface area contributed by atoms with E-state index in [2.05, 4.69) is 11.8 Å². The van der Waals surface area contributed by atoms with Crippen LogP contribution in [0.4, 0.5) is 5.69 Å². The second kappa shape index (κ2) is 4.90. The SMILES string of the molecule is C[C@@H]1O[C@H](c2ccc([N+](=O)[O-])cc2)N2CCCC[C@H]12. The summed E-state index contributed by atoms with van der Waals surface area (Å²) < 4.78 is 6.05. The molecule has 2 saturated heterocycles. The van der Waals surface area contributed by atoms with Crippen molar-refractivity contribution in [2.75, 3.05) is 6.54 Å². The van der Waals surface area contributed by atoms with E-state index in [4.69, 9.17) is 4.74 Å². The molecule has 102 valence electrons. The monoisotopic (exact) mass is 262 g/mol. The maximum Gasteiger partial charge on any atom is 0.269 e. The van der Waals surface area contributed by atoms with Gasteiger partial charge in [0.2, 0.25) is 0 Å². The predicted molar refractivity (Wildman–Crippen MR) is 70.7 cm³/mol. The third-order valence-corrected chi connectivity index (χ3v) is 4.17. The highest BCUT2D eigenvalue weighted by molar-refractivity contribution is 5.34. The standard InChI is InChI=1S/C14H18N2O3/c1-10-13-4-2-3-9-15(13)14(19-10)11-5-7-12(8-6-11)16(17)18/h5-8,10,13-14H,2-4,9H2,1H3/t10-,13+,14+/m0/s1. The second-order valence-corrected chi connectivity index (χ2v) is 5.34. The molecular weight excluding hydrogens is 244 g/mol. The van der Waals surface area contributed by atoms with Gasteiger partial charge >= 0.3 is 0 Å². The number of ether oxygens (including phenoxy) is 1. The lowest BCUT2D eigenvalue weighted by Crippen LogP contribution is -2.39. The van der Waals surface area contributed by atoms with Crippen LogP contribution in [0.15, 0.2) is 24.3 Å². The van der Waals surface area contributed by atoms with Gasteiger partial charge in [-0.15, -0.1) is 0 Å². The molecule has 0 amide bonds. The Hall–Kier alpha value is -1.46. The Balaban J connectivity index is 1.83. The minimum Gasteiger partial charge on any atom is -0.354 e. The average molecular weight is 262 g/mol. The van der Waals surface area contributed by atoms with E-state index in [-0.39, 0.29) is 22.9 Å². The van der Waals surface area contributed by atoms with E-state index in [1.165, 1.54) is 19.3 Å². The van der Waals surface area contributed by atoms with Crippen molar-refractivity contribution in [3.63, 3.8) is 0 Å². The van der Waals surface area contributed by atoms with Gasteiger partial charge in [-0.2, -0.15) is 0 Å². The van der Waals surface area contributed by atoms with Crippen molar-refractivity contribution in [2.24, 2.45) is 0 Å². The first kappa shape index (κ1) is 12.6. The summed E-state index contributed by atoms with van der Waals surface area (Å²) >= 11 is 0. The number of nitrogens with zero attached hydrogens (tertiary/aromatic N) is 2. The van der Waals surface area contributed by atoms with Crippen LogP contribution >= 0.6 is 0 Å². The number of hydrogen-bond donors (Lipinski definition) is 0. The molecule has 19 heavy (non-hydrogen) atoms. The van der Waals surface area contributed by atoms with Crippen LogP contribution in [0.1, 0.15) is 38.0 Å². The molecule has 5 nitrogen and oxygen atoms in total.